The summed E-state index contributed by atoms with van der Waals surface area (Å²) in [6.45, 7) is 2.45. The molecule has 0 atom stereocenters. The number of carbonyl (C=O) groups excluding carboxylic acids is 1. The standard InChI is InChI=1S/C13H13N3O2S/c1-8-15-10(7-19-8)5-16-11-4-9(14)2-3-12(11)18-6-13(16)17/h2-4,7H,5-6,14H2,1H3. The first-order valence-corrected chi connectivity index (χ1v) is 6.75. The van der Waals surface area contributed by atoms with Crippen molar-refractivity contribution in [2.75, 3.05) is 17.2 Å². The van der Waals surface area contributed by atoms with Crippen LogP contribution >= 0.6 is 11.3 Å². The summed E-state index contributed by atoms with van der Waals surface area (Å²) in [6, 6.07) is 5.31. The molecule has 2 heterocycles. The molecule has 1 aromatic heterocycles. The van der Waals surface area contributed by atoms with Crippen molar-refractivity contribution in [3.8, 4) is 5.75 Å². The summed E-state index contributed by atoms with van der Waals surface area (Å²) >= 11 is 1.57. The monoisotopic (exact) mass is 275 g/mol. The molecule has 0 fully saturated rings. The lowest BCUT2D eigenvalue weighted by atomic mass is 10.2. The fourth-order valence-corrected chi connectivity index (χ4v) is 2.64. The number of amides is 1. The summed E-state index contributed by atoms with van der Waals surface area (Å²) in [5.41, 5.74) is 7.98. The molecule has 2 aromatic rings. The first-order chi connectivity index (χ1) is 9.13. The number of rotatable bonds is 2. The lowest BCUT2D eigenvalue weighted by molar-refractivity contribution is -0.121. The van der Waals surface area contributed by atoms with Crippen molar-refractivity contribution < 1.29 is 9.53 Å². The van der Waals surface area contributed by atoms with Gasteiger partial charge in [-0.3, -0.25) is 9.69 Å². The third kappa shape index (κ3) is 2.26. The van der Waals surface area contributed by atoms with E-state index in [-0.39, 0.29) is 12.5 Å². The highest BCUT2D eigenvalue weighted by Crippen LogP contribution is 2.34. The van der Waals surface area contributed by atoms with E-state index in [9.17, 15) is 4.79 Å². The van der Waals surface area contributed by atoms with E-state index in [2.05, 4.69) is 4.98 Å². The molecule has 98 valence electrons. The maximum Gasteiger partial charge on any atom is 0.265 e. The zero-order chi connectivity index (χ0) is 13.4. The number of nitrogens with two attached hydrogens (primary N) is 1. The smallest absolute Gasteiger partial charge is 0.265 e. The maximum atomic E-state index is 12.0. The van der Waals surface area contributed by atoms with Crippen LogP contribution in [0.5, 0.6) is 5.75 Å². The van der Waals surface area contributed by atoms with E-state index in [4.69, 9.17) is 10.5 Å². The molecule has 0 aliphatic carbocycles. The van der Waals surface area contributed by atoms with Crippen LogP contribution < -0.4 is 15.4 Å². The van der Waals surface area contributed by atoms with Gasteiger partial charge < -0.3 is 10.5 Å². The molecule has 0 saturated heterocycles. The Morgan fingerprint density at radius 2 is 2.37 bits per heavy atom. The van der Waals surface area contributed by atoms with Crippen molar-refractivity contribution in [2.24, 2.45) is 0 Å². The van der Waals surface area contributed by atoms with Gasteiger partial charge in [-0.1, -0.05) is 0 Å². The van der Waals surface area contributed by atoms with Gasteiger partial charge in [0.1, 0.15) is 5.75 Å². The number of aryl methyl sites for hydroxylation is 1. The molecule has 0 bridgehead atoms. The molecule has 3 rings (SSSR count). The zero-order valence-corrected chi connectivity index (χ0v) is 11.2. The number of benzene rings is 1. The lowest BCUT2D eigenvalue weighted by Crippen LogP contribution is -2.38. The minimum absolute atomic E-state index is 0.0556. The van der Waals surface area contributed by atoms with Crippen molar-refractivity contribution in [2.45, 2.75) is 13.5 Å². The first kappa shape index (κ1) is 12.0. The molecule has 6 heteroatoms. The molecular weight excluding hydrogens is 262 g/mol. The molecule has 0 radical (unpaired) electrons. The number of thiazole rings is 1. The molecule has 1 aliphatic rings. The highest BCUT2D eigenvalue weighted by atomic mass is 32.1. The number of carbonyl (C=O) groups is 1. The molecular formula is C13H13N3O2S. The van der Waals surface area contributed by atoms with Gasteiger partial charge in [-0.25, -0.2) is 4.98 Å². The second-order valence-corrected chi connectivity index (χ2v) is 5.42. The summed E-state index contributed by atoms with van der Waals surface area (Å²) in [7, 11) is 0. The summed E-state index contributed by atoms with van der Waals surface area (Å²) in [6.07, 6.45) is 0. The van der Waals surface area contributed by atoms with Crippen molar-refractivity contribution >= 4 is 28.6 Å². The predicted molar refractivity (Wildman–Crippen MR) is 74.4 cm³/mol. The number of aromatic nitrogens is 1. The highest BCUT2D eigenvalue weighted by molar-refractivity contribution is 7.09. The Hall–Kier alpha value is -2.08. The molecule has 0 unspecified atom stereocenters. The van der Waals surface area contributed by atoms with Crippen LogP contribution in [0.15, 0.2) is 23.6 Å². The number of hydrogen-bond acceptors (Lipinski definition) is 5. The van der Waals surface area contributed by atoms with E-state index < -0.39 is 0 Å². The van der Waals surface area contributed by atoms with Gasteiger partial charge in [-0.2, -0.15) is 0 Å². The van der Waals surface area contributed by atoms with Gasteiger partial charge in [0, 0.05) is 11.1 Å². The third-order valence-electron chi connectivity index (χ3n) is 2.91. The molecule has 1 aliphatic heterocycles. The molecule has 5 nitrogen and oxygen atoms in total. The maximum absolute atomic E-state index is 12.0. The highest BCUT2D eigenvalue weighted by Gasteiger charge is 2.26. The Labute approximate surface area is 114 Å². The lowest BCUT2D eigenvalue weighted by Gasteiger charge is -2.29. The summed E-state index contributed by atoms with van der Waals surface area (Å²) in [4.78, 5) is 18.1. The van der Waals surface area contributed by atoms with E-state index in [1.165, 1.54) is 0 Å². The summed E-state index contributed by atoms with van der Waals surface area (Å²) in [5, 5.41) is 2.95. The minimum Gasteiger partial charge on any atom is -0.482 e. The number of fused-ring (bicyclic) bond motifs is 1. The zero-order valence-electron chi connectivity index (χ0n) is 10.4. The van der Waals surface area contributed by atoms with Crippen LogP contribution in [-0.4, -0.2) is 17.5 Å². The molecule has 0 spiro atoms. The minimum atomic E-state index is -0.0799. The summed E-state index contributed by atoms with van der Waals surface area (Å²) < 4.78 is 5.40. The summed E-state index contributed by atoms with van der Waals surface area (Å²) in [5.74, 6) is 0.601. The Kier molecular flexibility index (Phi) is 2.87. The molecule has 19 heavy (non-hydrogen) atoms. The van der Waals surface area contributed by atoms with Gasteiger partial charge in [-0.05, 0) is 25.1 Å². The third-order valence-corrected chi connectivity index (χ3v) is 3.74. The number of nitrogen functional groups attached to an aromatic ring is 1. The molecule has 1 amide bonds. The van der Waals surface area contributed by atoms with Crippen LogP contribution in [0.4, 0.5) is 11.4 Å². The van der Waals surface area contributed by atoms with Crippen molar-refractivity contribution in [3.63, 3.8) is 0 Å². The predicted octanol–water partition coefficient (Wildman–Crippen LogP) is 1.96. The largest absolute Gasteiger partial charge is 0.482 e. The second kappa shape index (κ2) is 4.55. The van der Waals surface area contributed by atoms with E-state index in [0.717, 1.165) is 10.7 Å². The number of hydrogen-bond donors (Lipinski definition) is 1. The van der Waals surface area contributed by atoms with Gasteiger partial charge in [0.25, 0.3) is 5.91 Å². The van der Waals surface area contributed by atoms with Gasteiger partial charge in [0.15, 0.2) is 6.61 Å². The van der Waals surface area contributed by atoms with Crippen LogP contribution in [0.25, 0.3) is 0 Å². The molecule has 1 aromatic carbocycles. The Morgan fingerprint density at radius 1 is 1.53 bits per heavy atom. The normalized spacial score (nSPS) is 14.2. The second-order valence-electron chi connectivity index (χ2n) is 4.35. The Morgan fingerprint density at radius 3 is 3.11 bits per heavy atom. The number of anilines is 2. The molecule has 0 saturated carbocycles. The van der Waals surface area contributed by atoms with Crippen molar-refractivity contribution in [1.29, 1.82) is 0 Å². The van der Waals surface area contributed by atoms with Crippen LogP contribution in [0, 0.1) is 6.92 Å². The van der Waals surface area contributed by atoms with Gasteiger partial charge in [0.2, 0.25) is 0 Å². The van der Waals surface area contributed by atoms with Gasteiger partial charge >= 0.3 is 0 Å². The quantitative estimate of drug-likeness (QED) is 0.851. The van der Waals surface area contributed by atoms with Crippen molar-refractivity contribution in [1.82, 2.24) is 4.98 Å². The fourth-order valence-electron chi connectivity index (χ4n) is 2.04. The van der Waals surface area contributed by atoms with Crippen LogP contribution in [0.2, 0.25) is 0 Å². The number of ether oxygens (including phenoxy) is 1. The van der Waals surface area contributed by atoms with E-state index in [1.54, 1.807) is 34.4 Å². The van der Waals surface area contributed by atoms with E-state index in [0.29, 0.717) is 23.7 Å². The average molecular weight is 275 g/mol. The van der Waals surface area contributed by atoms with E-state index >= 15 is 0 Å². The first-order valence-electron chi connectivity index (χ1n) is 5.87. The van der Waals surface area contributed by atoms with Crippen LogP contribution in [-0.2, 0) is 11.3 Å². The molecule has 2 N–H and O–H groups in total. The SMILES string of the molecule is Cc1nc(CN2C(=O)COc3ccc(N)cc32)cs1. The Balaban J connectivity index is 1.96. The van der Waals surface area contributed by atoms with Gasteiger partial charge in [0.05, 0.1) is 22.9 Å². The van der Waals surface area contributed by atoms with Crippen LogP contribution in [0.1, 0.15) is 10.7 Å². The number of nitrogens with zero attached hydrogens (tertiary/aromatic N) is 2. The topological polar surface area (TPSA) is 68.5 Å². The van der Waals surface area contributed by atoms with E-state index in [1.807, 2.05) is 12.3 Å². The van der Waals surface area contributed by atoms with Crippen LogP contribution in [0.3, 0.4) is 0 Å². The van der Waals surface area contributed by atoms with Crippen molar-refractivity contribution in [3.05, 3.63) is 34.3 Å². The average Bonchev–Trinajstić information content (AvgIpc) is 2.79. The fraction of sp³-hybridized carbons (Fsp3) is 0.231. The van der Waals surface area contributed by atoms with Gasteiger partial charge in [-0.15, -0.1) is 11.3 Å². The Bertz CT molecular complexity index is 639.